The van der Waals surface area contributed by atoms with E-state index in [1.165, 1.54) is 23.6 Å². The fraction of sp³-hybridized carbons (Fsp3) is 0.815. The van der Waals surface area contributed by atoms with Gasteiger partial charge in [0.1, 0.15) is 12.1 Å². The van der Waals surface area contributed by atoms with Crippen LogP contribution in [0.5, 0.6) is 0 Å². The zero-order valence-corrected chi connectivity index (χ0v) is 24.9. The van der Waals surface area contributed by atoms with Crippen LogP contribution in [0.25, 0.3) is 0 Å². The smallest absolute Gasteiger partial charge is 0.246 e. The summed E-state index contributed by atoms with van der Waals surface area (Å²) in [5.74, 6) is -2.13. The van der Waals surface area contributed by atoms with Crippen LogP contribution in [0.4, 0.5) is 0 Å². The molecule has 12 N–H and O–H groups in total. The standard InChI is InChI=1S/C27H51N9O6/c1-16(37)19(9-5-13-32-27(30)31)33-24(39)20-10-6-14-35(20)26(41)21-11-7-15-36(21)25(40)18(8-3-4-12-28)23(34-42)22(29)17(2)38/h17-23,34,38,42H,3-15,28-29H2,1-2H3,(H,33,39)(H4,30,31,32)/t17-,18-,19?,20+,21+,22+,23?/m1/s1. The highest BCUT2D eigenvalue weighted by molar-refractivity contribution is 5.95. The highest BCUT2D eigenvalue weighted by Gasteiger charge is 2.45. The van der Waals surface area contributed by atoms with Crippen LogP contribution in [-0.4, -0.2) is 112 Å². The number of rotatable bonds is 17. The average Bonchev–Trinajstić information content (AvgIpc) is 3.63. The Morgan fingerprint density at radius 1 is 1.00 bits per heavy atom. The lowest BCUT2D eigenvalue weighted by Gasteiger charge is -2.36. The van der Waals surface area contributed by atoms with E-state index in [0.29, 0.717) is 84.0 Å². The van der Waals surface area contributed by atoms with E-state index in [2.05, 4.69) is 15.8 Å². The van der Waals surface area contributed by atoms with E-state index in [-0.39, 0.29) is 23.6 Å². The number of hydrogen-bond acceptors (Lipinski definition) is 10. The summed E-state index contributed by atoms with van der Waals surface area (Å²) in [4.78, 5) is 60.2. The van der Waals surface area contributed by atoms with Gasteiger partial charge in [-0.15, -0.1) is 0 Å². The monoisotopic (exact) mass is 597 g/mol. The molecule has 0 saturated carbocycles. The SMILES string of the molecule is CC(=O)C(CCCN=C(N)N)NC(=O)[C@@H]1CCCN1C(=O)[C@@H]1CCCN1C(=O)[C@H](CCCCN)C(NO)[C@@H](N)[C@@H](C)O. The molecular formula is C27H51N9O6. The first kappa shape index (κ1) is 35.3. The average molecular weight is 598 g/mol. The van der Waals surface area contributed by atoms with E-state index in [4.69, 9.17) is 22.9 Å². The van der Waals surface area contributed by atoms with Crippen molar-refractivity contribution in [2.45, 2.75) is 108 Å². The molecule has 0 aromatic rings. The fourth-order valence-corrected chi connectivity index (χ4v) is 5.85. The second kappa shape index (κ2) is 17.3. The van der Waals surface area contributed by atoms with E-state index in [1.54, 1.807) is 0 Å². The summed E-state index contributed by atoms with van der Waals surface area (Å²) < 4.78 is 0. The van der Waals surface area contributed by atoms with Crippen LogP contribution in [0, 0.1) is 5.92 Å². The first-order valence-electron chi connectivity index (χ1n) is 14.9. The van der Waals surface area contributed by atoms with Crippen molar-refractivity contribution >= 4 is 29.5 Å². The fourth-order valence-electron chi connectivity index (χ4n) is 5.85. The normalized spacial score (nSPS) is 22.2. The molecule has 42 heavy (non-hydrogen) atoms. The van der Waals surface area contributed by atoms with Crippen molar-refractivity contribution in [3.05, 3.63) is 0 Å². The van der Waals surface area contributed by atoms with Gasteiger partial charge in [-0.2, -0.15) is 0 Å². The number of nitrogens with zero attached hydrogens (tertiary/aromatic N) is 3. The summed E-state index contributed by atoms with van der Waals surface area (Å²) in [5.41, 5.74) is 24.6. The molecule has 15 nitrogen and oxygen atoms in total. The molecule has 2 saturated heterocycles. The molecule has 2 aliphatic rings. The molecule has 7 atom stereocenters. The molecule has 2 heterocycles. The number of likely N-dealkylation sites (tertiary alicyclic amines) is 2. The Bertz CT molecular complexity index is 945. The number of unbranched alkanes of at least 4 members (excludes halogenated alkanes) is 1. The molecule has 0 spiro atoms. The van der Waals surface area contributed by atoms with E-state index in [0.717, 1.165) is 0 Å². The van der Waals surface area contributed by atoms with Crippen molar-refractivity contribution in [2.24, 2.45) is 33.8 Å². The number of hydroxylamine groups is 1. The molecule has 0 aliphatic carbocycles. The highest BCUT2D eigenvalue weighted by atomic mass is 16.5. The van der Waals surface area contributed by atoms with E-state index >= 15 is 0 Å². The van der Waals surface area contributed by atoms with Crippen LogP contribution in [0.2, 0.25) is 0 Å². The Morgan fingerprint density at radius 2 is 1.64 bits per heavy atom. The van der Waals surface area contributed by atoms with Crippen molar-refractivity contribution in [1.82, 2.24) is 20.6 Å². The molecule has 3 amide bonds. The molecule has 15 heteroatoms. The predicted octanol–water partition coefficient (Wildman–Crippen LogP) is -2.10. The molecule has 0 bridgehead atoms. The lowest BCUT2D eigenvalue weighted by Crippen LogP contribution is -2.59. The molecule has 2 aliphatic heterocycles. The van der Waals surface area contributed by atoms with Crippen molar-refractivity contribution in [3.63, 3.8) is 0 Å². The number of Topliss-reactive ketones (excluding diaryl/α,β-unsaturated/α-hetero) is 1. The number of carbonyl (C=O) groups is 4. The molecule has 0 aromatic heterocycles. The Hall–Kier alpha value is -2.85. The van der Waals surface area contributed by atoms with Crippen LogP contribution >= 0.6 is 0 Å². The lowest BCUT2D eigenvalue weighted by atomic mass is 9.86. The Balaban J connectivity index is 2.17. The van der Waals surface area contributed by atoms with Gasteiger partial charge in [0.25, 0.3) is 0 Å². The maximum absolute atomic E-state index is 13.9. The van der Waals surface area contributed by atoms with Gasteiger partial charge in [-0.25, -0.2) is 5.48 Å². The van der Waals surface area contributed by atoms with E-state index in [1.807, 2.05) is 0 Å². The number of carbonyl (C=O) groups excluding carboxylic acids is 4. The van der Waals surface area contributed by atoms with Crippen LogP contribution in [-0.2, 0) is 19.2 Å². The number of aliphatic hydroxyl groups is 1. The number of aliphatic hydroxyl groups excluding tert-OH is 1. The predicted molar refractivity (Wildman–Crippen MR) is 157 cm³/mol. The van der Waals surface area contributed by atoms with Crippen molar-refractivity contribution in [3.8, 4) is 0 Å². The van der Waals surface area contributed by atoms with Crippen molar-refractivity contribution in [1.29, 1.82) is 0 Å². The molecule has 2 rings (SSSR count). The van der Waals surface area contributed by atoms with Gasteiger partial charge in [-0.05, 0) is 71.8 Å². The van der Waals surface area contributed by atoms with Gasteiger partial charge < -0.3 is 48.4 Å². The van der Waals surface area contributed by atoms with Gasteiger partial charge in [-0.1, -0.05) is 6.42 Å². The number of nitrogens with one attached hydrogen (secondary N) is 2. The van der Waals surface area contributed by atoms with Crippen molar-refractivity contribution in [2.75, 3.05) is 26.2 Å². The summed E-state index contributed by atoms with van der Waals surface area (Å²) in [6, 6.07) is -4.13. The number of guanidine groups is 1. The highest BCUT2D eigenvalue weighted by Crippen LogP contribution is 2.29. The summed E-state index contributed by atoms with van der Waals surface area (Å²) >= 11 is 0. The Kier molecular flexibility index (Phi) is 14.6. The second-order valence-electron chi connectivity index (χ2n) is 11.4. The quantitative estimate of drug-likeness (QED) is 0.0390. The molecule has 240 valence electrons. The number of nitrogens with two attached hydrogens (primary N) is 4. The van der Waals surface area contributed by atoms with Gasteiger partial charge in [0.2, 0.25) is 17.7 Å². The number of aliphatic imine (C=N–C) groups is 1. The third-order valence-electron chi connectivity index (χ3n) is 8.25. The van der Waals surface area contributed by atoms with Crippen LogP contribution < -0.4 is 33.7 Å². The molecular weight excluding hydrogens is 546 g/mol. The number of ketones is 1. The largest absolute Gasteiger partial charge is 0.392 e. The number of amides is 3. The first-order chi connectivity index (χ1) is 19.9. The zero-order valence-electron chi connectivity index (χ0n) is 24.9. The molecule has 0 aromatic carbocycles. The zero-order chi connectivity index (χ0) is 31.4. The summed E-state index contributed by atoms with van der Waals surface area (Å²) in [7, 11) is 0. The third-order valence-corrected chi connectivity index (χ3v) is 8.25. The topological polar surface area (TPSA) is 256 Å². The van der Waals surface area contributed by atoms with Gasteiger partial charge in [0.15, 0.2) is 11.7 Å². The molecule has 2 fully saturated rings. The minimum absolute atomic E-state index is 0.0474. The van der Waals surface area contributed by atoms with Crippen LogP contribution in [0.1, 0.15) is 71.6 Å². The minimum atomic E-state index is -0.996. The summed E-state index contributed by atoms with van der Waals surface area (Å²) in [5, 5.41) is 22.8. The van der Waals surface area contributed by atoms with Gasteiger partial charge in [0.05, 0.1) is 24.1 Å². The maximum Gasteiger partial charge on any atom is 0.246 e. The Morgan fingerprint density at radius 3 is 2.21 bits per heavy atom. The third kappa shape index (κ3) is 9.59. The number of hydrogen-bond donors (Lipinski definition) is 8. The van der Waals surface area contributed by atoms with Crippen LogP contribution in [0.15, 0.2) is 4.99 Å². The van der Waals surface area contributed by atoms with Gasteiger partial charge in [-0.3, -0.25) is 24.2 Å². The van der Waals surface area contributed by atoms with E-state index < -0.39 is 48.1 Å². The second-order valence-corrected chi connectivity index (χ2v) is 11.4. The Labute approximate surface area is 247 Å². The maximum atomic E-state index is 13.9. The van der Waals surface area contributed by atoms with Gasteiger partial charge >= 0.3 is 0 Å². The van der Waals surface area contributed by atoms with Gasteiger partial charge in [0, 0.05) is 25.7 Å². The van der Waals surface area contributed by atoms with E-state index in [9.17, 15) is 29.5 Å². The van der Waals surface area contributed by atoms with Crippen LogP contribution in [0.3, 0.4) is 0 Å². The van der Waals surface area contributed by atoms with Crippen molar-refractivity contribution < 1.29 is 29.5 Å². The molecule has 2 unspecified atom stereocenters. The lowest BCUT2D eigenvalue weighted by molar-refractivity contribution is -0.150. The molecule has 0 radical (unpaired) electrons. The minimum Gasteiger partial charge on any atom is -0.392 e. The first-order valence-corrected chi connectivity index (χ1v) is 14.9. The summed E-state index contributed by atoms with van der Waals surface area (Å²) in [6.07, 6.45) is 3.56. The summed E-state index contributed by atoms with van der Waals surface area (Å²) in [6.45, 7) is 4.34.